The molecule has 0 heterocycles. The molecule has 0 aromatic heterocycles. The fourth-order valence-electron chi connectivity index (χ4n) is 1.86. The number of nitrogens with two attached hydrogens (primary N) is 1. The summed E-state index contributed by atoms with van der Waals surface area (Å²) in [5.41, 5.74) is 6.18. The van der Waals surface area contributed by atoms with E-state index in [0.717, 1.165) is 10.8 Å². The number of hydrogen-bond donors (Lipinski definition) is 3. The average Bonchev–Trinajstić information content (AvgIpc) is 2.58. The number of carbonyl (C=O) groups is 1. The van der Waals surface area contributed by atoms with Crippen LogP contribution in [0.15, 0.2) is 42.7 Å². The van der Waals surface area contributed by atoms with E-state index < -0.39 is 12.1 Å². The first kappa shape index (κ1) is 20.8. The minimum Gasteiger partial charge on any atom is -0.493 e. The summed E-state index contributed by atoms with van der Waals surface area (Å²) in [6.07, 6.45) is -1.69. The van der Waals surface area contributed by atoms with E-state index in [2.05, 4.69) is 0 Å². The normalized spacial score (nSPS) is 11.0. The highest BCUT2D eigenvalue weighted by molar-refractivity contribution is 6.01. The van der Waals surface area contributed by atoms with Crippen molar-refractivity contribution in [3.8, 4) is 11.5 Å². The third kappa shape index (κ3) is 5.40. The van der Waals surface area contributed by atoms with Crippen LogP contribution in [-0.2, 0) is 4.79 Å². The monoisotopic (exact) mass is 370 g/mol. The predicted octanol–water partition coefficient (Wildman–Crippen LogP) is 3.68. The Bertz CT molecular complexity index is 833. The fraction of sp³-hybridized carbons (Fsp3) is 0.176. The zero-order chi connectivity index (χ0) is 19.9. The van der Waals surface area contributed by atoms with Crippen LogP contribution in [0, 0.1) is 5.41 Å². The number of rotatable bonds is 4. The topological polar surface area (TPSA) is 106 Å². The number of allylic oxidation sites excluding steroid dienone is 1. The number of carboxylic acids is 1. The molecule has 140 valence electrons. The SMILES string of the molecule is CC=COc1c(OC)ccc2ccc(C(=N)N)cc12.O=C(O)C(F)(F)F. The number of alkyl halides is 3. The predicted molar refractivity (Wildman–Crippen MR) is 90.6 cm³/mol. The van der Waals surface area contributed by atoms with Crippen molar-refractivity contribution in [2.75, 3.05) is 7.11 Å². The Morgan fingerprint density at radius 2 is 1.85 bits per heavy atom. The van der Waals surface area contributed by atoms with Crippen LogP contribution in [0.3, 0.4) is 0 Å². The van der Waals surface area contributed by atoms with Crippen molar-refractivity contribution in [2.45, 2.75) is 13.1 Å². The summed E-state index contributed by atoms with van der Waals surface area (Å²) >= 11 is 0. The number of amidine groups is 1. The zero-order valence-corrected chi connectivity index (χ0v) is 13.9. The molecule has 0 radical (unpaired) electrons. The van der Waals surface area contributed by atoms with Crippen LogP contribution in [0.25, 0.3) is 10.8 Å². The molecule has 0 saturated carbocycles. The minimum atomic E-state index is -5.08. The first-order valence-corrected chi connectivity index (χ1v) is 7.14. The molecule has 0 aliphatic heterocycles. The van der Waals surface area contributed by atoms with Crippen LogP contribution in [0.2, 0.25) is 0 Å². The summed E-state index contributed by atoms with van der Waals surface area (Å²) in [6, 6.07) is 9.36. The van der Waals surface area contributed by atoms with Crippen molar-refractivity contribution in [2.24, 2.45) is 5.73 Å². The van der Waals surface area contributed by atoms with Gasteiger partial charge in [0.15, 0.2) is 11.5 Å². The molecule has 0 unspecified atom stereocenters. The molecule has 9 heteroatoms. The van der Waals surface area contributed by atoms with Crippen molar-refractivity contribution in [1.82, 2.24) is 0 Å². The Kier molecular flexibility index (Phi) is 7.00. The Hall–Kier alpha value is -3.23. The van der Waals surface area contributed by atoms with Gasteiger partial charge in [-0.1, -0.05) is 24.3 Å². The van der Waals surface area contributed by atoms with Crippen molar-refractivity contribution in [3.63, 3.8) is 0 Å². The number of nitrogens with one attached hydrogen (secondary N) is 1. The molecule has 26 heavy (non-hydrogen) atoms. The first-order chi connectivity index (χ1) is 12.1. The van der Waals surface area contributed by atoms with Gasteiger partial charge in [-0.3, -0.25) is 5.41 Å². The summed E-state index contributed by atoms with van der Waals surface area (Å²) in [5.74, 6) is -1.46. The fourth-order valence-corrected chi connectivity index (χ4v) is 1.86. The molecule has 4 N–H and O–H groups in total. The van der Waals surface area contributed by atoms with E-state index in [9.17, 15) is 13.2 Å². The highest BCUT2D eigenvalue weighted by Crippen LogP contribution is 2.36. The van der Waals surface area contributed by atoms with Crippen LogP contribution < -0.4 is 15.2 Å². The van der Waals surface area contributed by atoms with Crippen molar-refractivity contribution < 1.29 is 32.5 Å². The van der Waals surface area contributed by atoms with Gasteiger partial charge in [0, 0.05) is 10.9 Å². The van der Waals surface area contributed by atoms with Crippen molar-refractivity contribution >= 4 is 22.6 Å². The van der Waals surface area contributed by atoms with Crippen LogP contribution in [-0.4, -0.2) is 30.2 Å². The maximum Gasteiger partial charge on any atom is 0.490 e. The van der Waals surface area contributed by atoms with Crippen LogP contribution in [0.4, 0.5) is 13.2 Å². The lowest BCUT2D eigenvalue weighted by Crippen LogP contribution is -2.21. The molecule has 0 aliphatic rings. The number of nitrogen functional groups attached to an aromatic ring is 1. The van der Waals surface area contributed by atoms with Crippen LogP contribution in [0.1, 0.15) is 12.5 Å². The largest absolute Gasteiger partial charge is 0.493 e. The molecule has 0 bridgehead atoms. The number of methoxy groups -OCH3 is 1. The van der Waals surface area contributed by atoms with E-state index in [1.165, 1.54) is 0 Å². The van der Waals surface area contributed by atoms with Gasteiger partial charge in [0.05, 0.1) is 13.4 Å². The lowest BCUT2D eigenvalue weighted by Gasteiger charge is -2.11. The molecular weight excluding hydrogens is 353 g/mol. The highest BCUT2D eigenvalue weighted by atomic mass is 19.4. The van der Waals surface area contributed by atoms with Gasteiger partial charge >= 0.3 is 12.1 Å². The molecule has 2 rings (SSSR count). The Balaban J connectivity index is 0.000000412. The number of fused-ring (bicyclic) bond motifs is 1. The quantitative estimate of drug-likeness (QED) is 0.433. The summed E-state index contributed by atoms with van der Waals surface area (Å²) < 4.78 is 42.7. The van der Waals surface area contributed by atoms with Gasteiger partial charge < -0.3 is 20.3 Å². The lowest BCUT2D eigenvalue weighted by atomic mass is 10.0. The number of aliphatic carboxylic acids is 1. The van der Waals surface area contributed by atoms with Gasteiger partial charge in [0.2, 0.25) is 0 Å². The van der Waals surface area contributed by atoms with E-state index >= 15 is 0 Å². The number of carboxylic acid groups (broad SMARTS) is 1. The number of ether oxygens (including phenoxy) is 2. The average molecular weight is 370 g/mol. The number of halogens is 3. The lowest BCUT2D eigenvalue weighted by molar-refractivity contribution is -0.192. The van der Waals surface area contributed by atoms with Gasteiger partial charge in [-0.05, 0) is 24.4 Å². The molecule has 0 fully saturated rings. The molecule has 0 spiro atoms. The van der Waals surface area contributed by atoms with Crippen molar-refractivity contribution in [1.29, 1.82) is 5.41 Å². The second-order valence-corrected chi connectivity index (χ2v) is 4.84. The van der Waals surface area contributed by atoms with E-state index in [1.807, 2.05) is 37.3 Å². The molecule has 2 aromatic rings. The number of benzene rings is 2. The summed E-state index contributed by atoms with van der Waals surface area (Å²) in [7, 11) is 1.60. The third-order valence-corrected chi connectivity index (χ3v) is 3.03. The summed E-state index contributed by atoms with van der Waals surface area (Å²) in [4.78, 5) is 8.90. The second-order valence-electron chi connectivity index (χ2n) is 4.84. The van der Waals surface area contributed by atoms with E-state index in [4.69, 9.17) is 30.5 Å². The summed E-state index contributed by atoms with van der Waals surface area (Å²) in [6.45, 7) is 1.87. The van der Waals surface area contributed by atoms with E-state index in [0.29, 0.717) is 17.1 Å². The molecular formula is C17H17F3N2O4. The third-order valence-electron chi connectivity index (χ3n) is 3.03. The maximum absolute atomic E-state index is 10.6. The van der Waals surface area contributed by atoms with E-state index in [1.54, 1.807) is 19.4 Å². The van der Waals surface area contributed by atoms with Gasteiger partial charge in [-0.15, -0.1) is 0 Å². The first-order valence-electron chi connectivity index (χ1n) is 7.14. The van der Waals surface area contributed by atoms with Gasteiger partial charge in [0.25, 0.3) is 0 Å². The second kappa shape index (κ2) is 8.75. The standard InChI is InChI=1S/C15H16N2O2.C2HF3O2/c1-3-8-19-14-12-9-11(15(16)17)5-4-10(12)6-7-13(14)18-2;3-2(4,5)1(6)7/h3-9H,1-2H3,(H3,16,17);(H,6,7). The van der Waals surface area contributed by atoms with Gasteiger partial charge in [-0.2, -0.15) is 13.2 Å². The molecule has 0 amide bonds. The van der Waals surface area contributed by atoms with Gasteiger partial charge in [-0.25, -0.2) is 4.79 Å². The number of hydrogen-bond acceptors (Lipinski definition) is 4. The smallest absolute Gasteiger partial charge is 0.490 e. The van der Waals surface area contributed by atoms with Gasteiger partial charge in [0.1, 0.15) is 5.84 Å². The Labute approximate surface area is 147 Å². The van der Waals surface area contributed by atoms with Crippen LogP contribution >= 0.6 is 0 Å². The Morgan fingerprint density at radius 1 is 1.27 bits per heavy atom. The highest BCUT2D eigenvalue weighted by Gasteiger charge is 2.38. The molecule has 0 atom stereocenters. The zero-order valence-electron chi connectivity index (χ0n) is 13.9. The Morgan fingerprint density at radius 3 is 2.31 bits per heavy atom. The molecule has 0 saturated heterocycles. The minimum absolute atomic E-state index is 0.0294. The van der Waals surface area contributed by atoms with Crippen molar-refractivity contribution in [3.05, 3.63) is 48.2 Å². The molecule has 0 aliphatic carbocycles. The summed E-state index contributed by atoms with van der Waals surface area (Å²) in [5, 5.41) is 16.5. The maximum atomic E-state index is 10.6. The molecule has 6 nitrogen and oxygen atoms in total. The molecule has 2 aromatic carbocycles. The van der Waals surface area contributed by atoms with E-state index in [-0.39, 0.29) is 5.84 Å². The van der Waals surface area contributed by atoms with Crippen LogP contribution in [0.5, 0.6) is 11.5 Å².